The van der Waals surface area contributed by atoms with Gasteiger partial charge in [0.1, 0.15) is 11.6 Å². The van der Waals surface area contributed by atoms with Gasteiger partial charge in [-0.2, -0.15) is 0 Å². The van der Waals surface area contributed by atoms with Crippen molar-refractivity contribution in [1.82, 2.24) is 9.97 Å². The van der Waals surface area contributed by atoms with Gasteiger partial charge in [-0.3, -0.25) is 9.59 Å². The lowest BCUT2D eigenvalue weighted by atomic mass is 10.0. The second kappa shape index (κ2) is 9.79. The van der Waals surface area contributed by atoms with Gasteiger partial charge < -0.3 is 15.0 Å². The first-order valence-corrected chi connectivity index (χ1v) is 10.6. The highest BCUT2D eigenvalue weighted by molar-refractivity contribution is 6.31. The third-order valence-corrected chi connectivity index (χ3v) is 5.26. The first-order chi connectivity index (χ1) is 14.8. The number of hydrogen-bond donors (Lipinski definition) is 2. The minimum atomic E-state index is -0.289. The summed E-state index contributed by atoms with van der Waals surface area (Å²) in [5.41, 5.74) is 3.65. The van der Waals surface area contributed by atoms with Crippen LogP contribution in [-0.4, -0.2) is 22.5 Å². The number of aromatic amines is 1. The van der Waals surface area contributed by atoms with E-state index in [4.69, 9.17) is 16.3 Å². The molecule has 3 aromatic rings. The third kappa shape index (κ3) is 5.73. The van der Waals surface area contributed by atoms with E-state index in [1.54, 1.807) is 18.2 Å². The molecule has 162 valence electrons. The van der Waals surface area contributed by atoms with E-state index in [9.17, 15) is 9.59 Å². The number of ether oxygens (including phenoxy) is 1. The smallest absolute Gasteiger partial charge is 0.262 e. The van der Waals surface area contributed by atoms with Crippen LogP contribution in [0.4, 0.5) is 5.69 Å². The van der Waals surface area contributed by atoms with Crippen molar-refractivity contribution >= 4 is 23.2 Å². The molecule has 6 nitrogen and oxygen atoms in total. The average molecular weight is 440 g/mol. The molecule has 1 heterocycles. The van der Waals surface area contributed by atoms with Crippen LogP contribution < -0.4 is 15.6 Å². The molecular weight excluding hydrogens is 414 g/mol. The summed E-state index contributed by atoms with van der Waals surface area (Å²) in [7, 11) is 0. The zero-order valence-electron chi connectivity index (χ0n) is 18.1. The second-order valence-electron chi connectivity index (χ2n) is 7.65. The summed E-state index contributed by atoms with van der Waals surface area (Å²) in [6, 6.07) is 12.4. The van der Waals surface area contributed by atoms with Gasteiger partial charge in [-0.15, -0.1) is 0 Å². The number of hydrogen-bond acceptors (Lipinski definition) is 4. The van der Waals surface area contributed by atoms with Gasteiger partial charge in [-0.1, -0.05) is 44.5 Å². The maximum absolute atomic E-state index is 12.5. The number of aromatic nitrogens is 2. The molecule has 31 heavy (non-hydrogen) atoms. The largest absolute Gasteiger partial charge is 0.483 e. The fourth-order valence-corrected chi connectivity index (χ4v) is 3.33. The van der Waals surface area contributed by atoms with Crippen LogP contribution in [0.25, 0.3) is 11.4 Å². The Kier molecular flexibility index (Phi) is 7.13. The van der Waals surface area contributed by atoms with E-state index in [1.807, 2.05) is 45.9 Å². The average Bonchev–Trinajstić information content (AvgIpc) is 2.73. The van der Waals surface area contributed by atoms with Crippen molar-refractivity contribution in [2.45, 2.75) is 40.0 Å². The highest BCUT2D eigenvalue weighted by atomic mass is 35.5. The number of nitrogens with one attached hydrogen (secondary N) is 2. The first kappa shape index (κ1) is 22.6. The molecule has 0 unspecified atom stereocenters. The zero-order chi connectivity index (χ0) is 22.5. The summed E-state index contributed by atoms with van der Waals surface area (Å²) < 4.78 is 5.80. The summed E-state index contributed by atoms with van der Waals surface area (Å²) in [5, 5.41) is 3.51. The summed E-state index contributed by atoms with van der Waals surface area (Å²) in [5.74, 6) is 1.04. The monoisotopic (exact) mass is 439 g/mol. The number of rotatable bonds is 7. The molecule has 0 spiro atoms. The molecule has 1 aromatic heterocycles. The van der Waals surface area contributed by atoms with Crippen molar-refractivity contribution in [3.8, 4) is 17.1 Å². The van der Waals surface area contributed by atoms with Crippen molar-refractivity contribution in [3.05, 3.63) is 74.7 Å². The Morgan fingerprint density at radius 1 is 1.23 bits per heavy atom. The minimum absolute atomic E-state index is 0.134. The van der Waals surface area contributed by atoms with Crippen LogP contribution in [0.15, 0.2) is 47.3 Å². The van der Waals surface area contributed by atoms with Gasteiger partial charge in [0.25, 0.3) is 11.5 Å². The normalized spacial score (nSPS) is 10.9. The molecule has 0 aliphatic heterocycles. The van der Waals surface area contributed by atoms with Gasteiger partial charge in [0.05, 0.1) is 0 Å². The van der Waals surface area contributed by atoms with Crippen molar-refractivity contribution in [3.63, 3.8) is 0 Å². The molecule has 2 aromatic carbocycles. The molecule has 0 fully saturated rings. The van der Waals surface area contributed by atoms with Gasteiger partial charge in [0.2, 0.25) is 0 Å². The predicted octanol–water partition coefficient (Wildman–Crippen LogP) is 5.10. The molecule has 2 N–H and O–H groups in total. The highest BCUT2D eigenvalue weighted by Gasteiger charge is 2.13. The van der Waals surface area contributed by atoms with E-state index in [2.05, 4.69) is 15.3 Å². The summed E-state index contributed by atoms with van der Waals surface area (Å²) >= 11 is 6.23. The Labute approximate surface area is 186 Å². The fourth-order valence-electron chi connectivity index (χ4n) is 3.16. The van der Waals surface area contributed by atoms with Crippen LogP contribution in [0, 0.1) is 6.92 Å². The number of halogens is 1. The molecule has 0 atom stereocenters. The molecule has 7 heteroatoms. The second-order valence-corrected chi connectivity index (χ2v) is 8.06. The number of carbonyl (C=O) groups is 1. The zero-order valence-corrected chi connectivity index (χ0v) is 18.8. The number of anilines is 1. The van der Waals surface area contributed by atoms with Gasteiger partial charge in [0, 0.05) is 28.0 Å². The van der Waals surface area contributed by atoms with Crippen molar-refractivity contribution in [2.75, 3.05) is 11.9 Å². The lowest BCUT2D eigenvalue weighted by Gasteiger charge is -2.16. The van der Waals surface area contributed by atoms with Crippen LogP contribution in [0.1, 0.15) is 43.5 Å². The Balaban J connectivity index is 1.73. The quantitative estimate of drug-likeness (QED) is 0.536. The van der Waals surface area contributed by atoms with E-state index < -0.39 is 0 Å². The van der Waals surface area contributed by atoms with E-state index >= 15 is 0 Å². The molecule has 0 aliphatic carbocycles. The van der Waals surface area contributed by atoms with Gasteiger partial charge in [-0.05, 0) is 54.7 Å². The number of nitrogens with zero attached hydrogens (tertiary/aromatic N) is 1. The van der Waals surface area contributed by atoms with Crippen molar-refractivity contribution < 1.29 is 9.53 Å². The molecule has 0 saturated heterocycles. The number of benzene rings is 2. The topological polar surface area (TPSA) is 84.1 Å². The number of carbonyl (C=O) groups excluding carboxylic acids is 1. The van der Waals surface area contributed by atoms with Gasteiger partial charge in [0.15, 0.2) is 6.61 Å². The molecule has 0 aliphatic rings. The fraction of sp³-hybridized carbons (Fsp3) is 0.292. The van der Waals surface area contributed by atoms with Gasteiger partial charge in [-0.25, -0.2) is 4.98 Å². The maximum Gasteiger partial charge on any atom is 0.262 e. The Hall–Kier alpha value is -3.12. The molecular formula is C24H26ClN3O3. The SMILES string of the molecule is CCc1cc(=O)[nH]c(-c2cccc(NC(=O)COc3cc(C)c(Cl)cc3C(C)C)c2)n1. The standard InChI is InChI=1S/C24H26ClN3O3/c1-5-17-11-22(29)28-24(27-17)16-7-6-8-18(10-16)26-23(30)13-31-21-9-15(4)20(25)12-19(21)14(2)3/h6-12,14H,5,13H2,1-4H3,(H,26,30)(H,27,28,29). The lowest BCUT2D eigenvalue weighted by molar-refractivity contribution is -0.118. The Morgan fingerprint density at radius 3 is 2.71 bits per heavy atom. The number of amides is 1. The third-order valence-electron chi connectivity index (χ3n) is 4.85. The van der Waals surface area contributed by atoms with Crippen molar-refractivity contribution in [1.29, 1.82) is 0 Å². The molecule has 0 radical (unpaired) electrons. The van der Waals surface area contributed by atoms with E-state index in [0.717, 1.165) is 11.1 Å². The summed E-state index contributed by atoms with van der Waals surface area (Å²) in [6.45, 7) is 7.80. The molecule has 0 saturated carbocycles. The van der Waals surface area contributed by atoms with E-state index in [1.165, 1.54) is 6.07 Å². The van der Waals surface area contributed by atoms with Gasteiger partial charge >= 0.3 is 0 Å². The lowest BCUT2D eigenvalue weighted by Crippen LogP contribution is -2.20. The molecule has 1 amide bonds. The predicted molar refractivity (Wildman–Crippen MR) is 124 cm³/mol. The Bertz CT molecular complexity index is 1160. The maximum atomic E-state index is 12.5. The van der Waals surface area contributed by atoms with E-state index in [0.29, 0.717) is 40.0 Å². The van der Waals surface area contributed by atoms with Crippen LogP contribution in [-0.2, 0) is 11.2 Å². The van der Waals surface area contributed by atoms with Crippen LogP contribution in [0.2, 0.25) is 5.02 Å². The van der Waals surface area contributed by atoms with Crippen LogP contribution in [0.5, 0.6) is 5.75 Å². The summed E-state index contributed by atoms with van der Waals surface area (Å²) in [6.07, 6.45) is 0.660. The van der Waals surface area contributed by atoms with Crippen LogP contribution >= 0.6 is 11.6 Å². The number of H-pyrrole nitrogens is 1. The first-order valence-electron chi connectivity index (χ1n) is 10.2. The summed E-state index contributed by atoms with van der Waals surface area (Å²) in [4.78, 5) is 31.5. The molecule has 0 bridgehead atoms. The van der Waals surface area contributed by atoms with Crippen molar-refractivity contribution in [2.24, 2.45) is 0 Å². The number of aryl methyl sites for hydroxylation is 2. The Morgan fingerprint density at radius 2 is 2.00 bits per heavy atom. The highest BCUT2D eigenvalue weighted by Crippen LogP contribution is 2.32. The van der Waals surface area contributed by atoms with E-state index in [-0.39, 0.29) is 24.0 Å². The molecule has 3 rings (SSSR count). The minimum Gasteiger partial charge on any atom is -0.483 e. The van der Waals surface area contributed by atoms with Crippen LogP contribution in [0.3, 0.4) is 0 Å².